The van der Waals surface area contributed by atoms with E-state index in [4.69, 9.17) is 11.5 Å². The third-order valence-electron chi connectivity index (χ3n) is 3.00. The maximum Gasteiger partial charge on any atom is 0.0575 e. The topological polar surface area (TPSA) is 67.3 Å². The van der Waals surface area contributed by atoms with Crippen LogP contribution in [0.2, 0.25) is 0 Å². The van der Waals surface area contributed by atoms with Gasteiger partial charge in [0.25, 0.3) is 0 Å². The Morgan fingerprint density at radius 2 is 1.89 bits per heavy atom. The Bertz CT molecular complexity index is 352. The van der Waals surface area contributed by atoms with Gasteiger partial charge in [0.05, 0.1) is 11.4 Å². The van der Waals surface area contributed by atoms with Crippen LogP contribution in [-0.2, 0) is 0 Å². The monoisotopic (exact) mass is 250 g/mol. The van der Waals surface area contributed by atoms with Crippen molar-refractivity contribution in [2.75, 3.05) is 43.5 Å². The molecular weight excluding hydrogens is 224 g/mol. The van der Waals surface area contributed by atoms with Crippen LogP contribution in [-0.4, -0.2) is 31.6 Å². The molecular formula is C14H26N4. The minimum absolute atomic E-state index is 0.706. The first-order valence-electron chi connectivity index (χ1n) is 6.71. The molecule has 0 aliphatic carbocycles. The molecule has 1 aromatic rings. The van der Waals surface area contributed by atoms with E-state index in [-0.39, 0.29) is 0 Å². The summed E-state index contributed by atoms with van der Waals surface area (Å²) < 4.78 is 0. The van der Waals surface area contributed by atoms with Crippen LogP contribution in [0.4, 0.5) is 17.1 Å². The van der Waals surface area contributed by atoms with E-state index in [1.807, 2.05) is 12.1 Å². The molecule has 1 aromatic carbocycles. The van der Waals surface area contributed by atoms with Crippen molar-refractivity contribution in [1.29, 1.82) is 0 Å². The molecule has 4 nitrogen and oxygen atoms in total. The summed E-state index contributed by atoms with van der Waals surface area (Å²) in [6, 6.07) is 5.59. The van der Waals surface area contributed by atoms with Crippen molar-refractivity contribution in [3.05, 3.63) is 18.2 Å². The van der Waals surface area contributed by atoms with E-state index in [0.29, 0.717) is 11.4 Å². The molecule has 0 fully saturated rings. The first-order chi connectivity index (χ1) is 8.63. The number of benzene rings is 1. The van der Waals surface area contributed by atoms with Crippen molar-refractivity contribution in [1.82, 2.24) is 4.90 Å². The zero-order valence-electron chi connectivity index (χ0n) is 11.6. The Balaban J connectivity index is 2.21. The van der Waals surface area contributed by atoms with Gasteiger partial charge in [-0.3, -0.25) is 0 Å². The fourth-order valence-corrected chi connectivity index (χ4v) is 1.85. The molecule has 0 aliphatic heterocycles. The van der Waals surface area contributed by atoms with Gasteiger partial charge >= 0.3 is 0 Å². The highest BCUT2D eigenvalue weighted by atomic mass is 15.1. The average Bonchev–Trinajstić information content (AvgIpc) is 2.34. The Morgan fingerprint density at radius 3 is 2.56 bits per heavy atom. The first kappa shape index (κ1) is 14.6. The minimum Gasteiger partial charge on any atom is -0.399 e. The van der Waals surface area contributed by atoms with E-state index in [2.05, 4.69) is 24.2 Å². The molecule has 1 rings (SSSR count). The Hall–Kier alpha value is -1.42. The van der Waals surface area contributed by atoms with Crippen molar-refractivity contribution in [2.24, 2.45) is 0 Å². The van der Waals surface area contributed by atoms with Crippen LogP contribution in [0.25, 0.3) is 0 Å². The molecule has 0 saturated carbocycles. The Labute approximate surface area is 110 Å². The molecule has 0 unspecified atom stereocenters. The number of nitrogens with zero attached hydrogens (tertiary/aromatic N) is 1. The van der Waals surface area contributed by atoms with Gasteiger partial charge in [-0.05, 0) is 51.2 Å². The molecule has 0 spiro atoms. The number of nitrogens with one attached hydrogen (secondary N) is 1. The first-order valence-corrected chi connectivity index (χ1v) is 6.71. The SMILES string of the molecule is CCCCN(C)CCCNc1ccc(N)cc1N. The molecule has 0 atom stereocenters. The molecule has 0 amide bonds. The third kappa shape index (κ3) is 5.27. The van der Waals surface area contributed by atoms with Gasteiger partial charge in [0.15, 0.2) is 0 Å². The van der Waals surface area contributed by atoms with E-state index in [9.17, 15) is 0 Å². The van der Waals surface area contributed by atoms with E-state index in [1.54, 1.807) is 6.07 Å². The summed E-state index contributed by atoms with van der Waals surface area (Å²) in [7, 11) is 2.17. The second-order valence-corrected chi connectivity index (χ2v) is 4.78. The van der Waals surface area contributed by atoms with Crippen LogP contribution in [0.5, 0.6) is 0 Å². The highest BCUT2D eigenvalue weighted by Gasteiger charge is 2.00. The zero-order valence-corrected chi connectivity index (χ0v) is 11.6. The van der Waals surface area contributed by atoms with E-state index >= 15 is 0 Å². The quantitative estimate of drug-likeness (QED) is 0.489. The largest absolute Gasteiger partial charge is 0.399 e. The second-order valence-electron chi connectivity index (χ2n) is 4.78. The Kier molecular flexibility index (Phi) is 6.36. The zero-order chi connectivity index (χ0) is 13.4. The predicted molar refractivity (Wildman–Crippen MR) is 80.8 cm³/mol. The highest BCUT2D eigenvalue weighted by molar-refractivity contribution is 5.70. The van der Waals surface area contributed by atoms with Gasteiger partial charge in [-0.15, -0.1) is 0 Å². The molecule has 0 aliphatic rings. The molecule has 102 valence electrons. The lowest BCUT2D eigenvalue weighted by Crippen LogP contribution is -2.22. The van der Waals surface area contributed by atoms with Crippen molar-refractivity contribution >= 4 is 17.1 Å². The maximum absolute atomic E-state index is 5.88. The van der Waals surface area contributed by atoms with Crippen LogP contribution in [0.15, 0.2) is 18.2 Å². The second kappa shape index (κ2) is 7.82. The summed E-state index contributed by atoms with van der Waals surface area (Å²) in [6.07, 6.45) is 3.64. The molecule has 0 aromatic heterocycles. The van der Waals surface area contributed by atoms with E-state index in [0.717, 1.165) is 25.2 Å². The van der Waals surface area contributed by atoms with E-state index in [1.165, 1.54) is 19.4 Å². The number of nitrogens with two attached hydrogens (primary N) is 2. The Morgan fingerprint density at radius 1 is 1.17 bits per heavy atom. The van der Waals surface area contributed by atoms with Gasteiger partial charge in [-0.25, -0.2) is 0 Å². The number of hydrogen-bond donors (Lipinski definition) is 3. The number of nitrogen functional groups attached to an aromatic ring is 2. The average molecular weight is 250 g/mol. The van der Waals surface area contributed by atoms with Gasteiger partial charge < -0.3 is 21.7 Å². The maximum atomic E-state index is 5.88. The number of unbranched alkanes of at least 4 members (excludes halogenated alkanes) is 1. The molecule has 0 bridgehead atoms. The molecule has 18 heavy (non-hydrogen) atoms. The van der Waals surface area contributed by atoms with Crippen molar-refractivity contribution < 1.29 is 0 Å². The summed E-state index contributed by atoms with van der Waals surface area (Å²) in [5, 5.41) is 3.34. The van der Waals surface area contributed by atoms with Crippen LogP contribution in [0.1, 0.15) is 26.2 Å². The number of hydrogen-bond acceptors (Lipinski definition) is 4. The third-order valence-corrected chi connectivity index (χ3v) is 3.00. The summed E-state index contributed by atoms with van der Waals surface area (Å²) >= 11 is 0. The summed E-state index contributed by atoms with van der Waals surface area (Å²) in [5.41, 5.74) is 13.9. The number of rotatable bonds is 8. The predicted octanol–water partition coefficient (Wildman–Crippen LogP) is 2.38. The van der Waals surface area contributed by atoms with Gasteiger partial charge in [-0.2, -0.15) is 0 Å². The summed E-state index contributed by atoms with van der Waals surface area (Å²) in [4.78, 5) is 2.37. The molecule has 5 N–H and O–H groups in total. The number of anilines is 3. The van der Waals surface area contributed by atoms with Crippen LogP contribution in [0.3, 0.4) is 0 Å². The lowest BCUT2D eigenvalue weighted by molar-refractivity contribution is 0.327. The van der Waals surface area contributed by atoms with Crippen LogP contribution >= 0.6 is 0 Å². The molecule has 4 heteroatoms. The van der Waals surface area contributed by atoms with Crippen molar-refractivity contribution in [3.8, 4) is 0 Å². The highest BCUT2D eigenvalue weighted by Crippen LogP contribution is 2.20. The standard InChI is InChI=1S/C14H26N4/c1-3-4-9-18(2)10-5-8-17-14-7-6-12(15)11-13(14)16/h6-7,11,17H,3-5,8-10,15-16H2,1-2H3. The van der Waals surface area contributed by atoms with Gasteiger partial charge in [0.2, 0.25) is 0 Å². The van der Waals surface area contributed by atoms with Crippen molar-refractivity contribution in [2.45, 2.75) is 26.2 Å². The fourth-order valence-electron chi connectivity index (χ4n) is 1.85. The lowest BCUT2D eigenvalue weighted by atomic mass is 10.2. The molecule has 0 radical (unpaired) electrons. The summed E-state index contributed by atoms with van der Waals surface area (Å²) in [6.45, 7) is 5.45. The summed E-state index contributed by atoms with van der Waals surface area (Å²) in [5.74, 6) is 0. The van der Waals surface area contributed by atoms with Gasteiger partial charge in [0.1, 0.15) is 0 Å². The van der Waals surface area contributed by atoms with Crippen LogP contribution < -0.4 is 16.8 Å². The van der Waals surface area contributed by atoms with Crippen molar-refractivity contribution in [3.63, 3.8) is 0 Å². The normalized spacial score (nSPS) is 10.8. The molecule has 0 saturated heterocycles. The molecule has 0 heterocycles. The van der Waals surface area contributed by atoms with Gasteiger partial charge in [0, 0.05) is 12.2 Å². The van der Waals surface area contributed by atoms with Gasteiger partial charge in [-0.1, -0.05) is 13.3 Å². The lowest BCUT2D eigenvalue weighted by Gasteiger charge is -2.16. The van der Waals surface area contributed by atoms with E-state index < -0.39 is 0 Å². The fraction of sp³-hybridized carbons (Fsp3) is 0.571. The smallest absolute Gasteiger partial charge is 0.0575 e. The van der Waals surface area contributed by atoms with Crippen LogP contribution in [0, 0.1) is 0 Å². The minimum atomic E-state index is 0.706.